The van der Waals surface area contributed by atoms with Crippen molar-refractivity contribution < 1.29 is 4.52 Å². The summed E-state index contributed by atoms with van der Waals surface area (Å²) in [6.07, 6.45) is 2.35. The molecular weight excluding hydrogens is 320 g/mol. The highest BCUT2D eigenvalue weighted by Crippen LogP contribution is 2.25. The van der Waals surface area contributed by atoms with Crippen LogP contribution in [0.15, 0.2) is 15.5 Å². The highest BCUT2D eigenvalue weighted by atomic mass is 35.5. The Labute approximate surface area is 138 Å². The molecule has 0 amide bonds. The van der Waals surface area contributed by atoms with Gasteiger partial charge in [-0.25, -0.2) is 5.10 Å². The van der Waals surface area contributed by atoms with Crippen molar-refractivity contribution in [2.75, 3.05) is 31.1 Å². The normalized spacial score (nSPS) is 17.4. The van der Waals surface area contributed by atoms with Crippen LogP contribution < -0.4 is 10.5 Å². The zero-order chi connectivity index (χ0) is 16.4. The Morgan fingerprint density at radius 1 is 1.39 bits per heavy atom. The van der Waals surface area contributed by atoms with Crippen molar-refractivity contribution in [3.05, 3.63) is 33.3 Å². The average Bonchev–Trinajstić information content (AvgIpc) is 3.06. The summed E-state index contributed by atoms with van der Waals surface area (Å²) in [6.45, 7) is 7.19. The average molecular weight is 339 g/mol. The molecule has 0 spiro atoms. The lowest BCUT2D eigenvalue weighted by Gasteiger charge is -2.37. The molecule has 2 aromatic rings. The number of H-pyrrole nitrogens is 1. The zero-order valence-corrected chi connectivity index (χ0v) is 13.9. The Bertz CT molecular complexity index is 722. The van der Waals surface area contributed by atoms with E-state index in [2.05, 4.69) is 37.1 Å². The van der Waals surface area contributed by atoms with E-state index in [4.69, 9.17) is 16.1 Å². The molecular formula is C14H19ClN6O2. The Morgan fingerprint density at radius 3 is 2.78 bits per heavy atom. The molecule has 1 aliphatic rings. The number of halogens is 1. The highest BCUT2D eigenvalue weighted by Gasteiger charge is 2.26. The Hall–Kier alpha value is -1.93. The van der Waals surface area contributed by atoms with Crippen molar-refractivity contribution in [1.29, 1.82) is 0 Å². The second-order valence-electron chi connectivity index (χ2n) is 5.50. The van der Waals surface area contributed by atoms with E-state index in [1.165, 1.54) is 0 Å². The second kappa shape index (κ2) is 6.67. The van der Waals surface area contributed by atoms with Gasteiger partial charge in [0.25, 0.3) is 5.56 Å². The van der Waals surface area contributed by atoms with Gasteiger partial charge in [0, 0.05) is 32.6 Å². The lowest BCUT2D eigenvalue weighted by atomic mass is 10.2. The summed E-state index contributed by atoms with van der Waals surface area (Å²) in [7, 11) is 0. The maximum atomic E-state index is 11.6. The minimum Gasteiger partial charge on any atom is -0.366 e. The summed E-state index contributed by atoms with van der Waals surface area (Å²) in [5, 5.41) is 10.3. The number of rotatable bonds is 4. The predicted molar refractivity (Wildman–Crippen MR) is 85.7 cm³/mol. The number of aryl methyl sites for hydroxylation is 1. The van der Waals surface area contributed by atoms with Crippen LogP contribution in [0.5, 0.6) is 0 Å². The van der Waals surface area contributed by atoms with Crippen molar-refractivity contribution in [2.45, 2.75) is 26.3 Å². The molecule has 1 saturated heterocycles. The fourth-order valence-corrected chi connectivity index (χ4v) is 2.89. The fourth-order valence-electron chi connectivity index (χ4n) is 2.68. The van der Waals surface area contributed by atoms with Gasteiger partial charge in [-0.05, 0) is 6.92 Å². The first-order chi connectivity index (χ1) is 11.1. The number of nitrogens with one attached hydrogen (secondary N) is 1. The van der Waals surface area contributed by atoms with Crippen LogP contribution in [0, 0.1) is 0 Å². The third-order valence-corrected chi connectivity index (χ3v) is 4.50. The van der Waals surface area contributed by atoms with Crippen LogP contribution in [0.2, 0.25) is 5.02 Å². The maximum Gasteiger partial charge on any atom is 0.285 e. The molecule has 9 heteroatoms. The molecule has 8 nitrogen and oxygen atoms in total. The Balaban J connectivity index is 1.66. The Morgan fingerprint density at radius 2 is 2.13 bits per heavy atom. The van der Waals surface area contributed by atoms with Gasteiger partial charge < -0.3 is 9.42 Å². The van der Waals surface area contributed by atoms with Crippen LogP contribution in [-0.2, 0) is 6.42 Å². The number of hydrogen-bond acceptors (Lipinski definition) is 7. The number of nitrogens with zero attached hydrogens (tertiary/aromatic N) is 5. The molecule has 0 bridgehead atoms. The van der Waals surface area contributed by atoms with E-state index in [0.717, 1.165) is 38.4 Å². The van der Waals surface area contributed by atoms with Crippen LogP contribution in [-0.4, -0.2) is 51.4 Å². The predicted octanol–water partition coefficient (Wildman–Crippen LogP) is 1.25. The highest BCUT2D eigenvalue weighted by molar-refractivity contribution is 6.32. The monoisotopic (exact) mass is 338 g/mol. The van der Waals surface area contributed by atoms with Crippen molar-refractivity contribution >= 4 is 17.3 Å². The van der Waals surface area contributed by atoms with E-state index in [1.54, 1.807) is 6.20 Å². The van der Waals surface area contributed by atoms with E-state index in [1.807, 2.05) is 6.92 Å². The van der Waals surface area contributed by atoms with Gasteiger partial charge in [-0.1, -0.05) is 23.7 Å². The van der Waals surface area contributed by atoms with Crippen molar-refractivity contribution in [3.8, 4) is 0 Å². The number of piperazine rings is 1. The first-order valence-electron chi connectivity index (χ1n) is 7.64. The lowest BCUT2D eigenvalue weighted by molar-refractivity contribution is 0.164. The zero-order valence-electron chi connectivity index (χ0n) is 13.1. The minimum atomic E-state index is -0.363. The van der Waals surface area contributed by atoms with Crippen LogP contribution >= 0.6 is 11.6 Å². The third kappa shape index (κ3) is 3.23. The van der Waals surface area contributed by atoms with E-state index >= 15 is 0 Å². The van der Waals surface area contributed by atoms with Gasteiger partial charge in [0.05, 0.1) is 17.9 Å². The molecule has 0 aliphatic carbocycles. The Kier molecular flexibility index (Phi) is 4.63. The van der Waals surface area contributed by atoms with Crippen molar-refractivity contribution in [2.24, 2.45) is 0 Å². The minimum absolute atomic E-state index is 0.0673. The van der Waals surface area contributed by atoms with Gasteiger partial charge in [0.1, 0.15) is 5.02 Å². The van der Waals surface area contributed by atoms with E-state index in [0.29, 0.717) is 11.6 Å². The maximum absolute atomic E-state index is 11.6. The summed E-state index contributed by atoms with van der Waals surface area (Å²) in [6, 6.07) is 0.0673. The van der Waals surface area contributed by atoms with E-state index < -0.39 is 0 Å². The van der Waals surface area contributed by atoms with Crippen molar-refractivity contribution in [1.82, 2.24) is 25.2 Å². The summed E-state index contributed by atoms with van der Waals surface area (Å²) < 4.78 is 5.32. The quantitative estimate of drug-likeness (QED) is 0.897. The molecule has 0 aromatic carbocycles. The van der Waals surface area contributed by atoms with Crippen LogP contribution in [0.1, 0.15) is 31.6 Å². The summed E-state index contributed by atoms with van der Waals surface area (Å²) >= 11 is 6.07. The molecule has 1 N–H and O–H groups in total. The van der Waals surface area contributed by atoms with Crippen LogP contribution in [0.25, 0.3) is 0 Å². The number of aromatic amines is 1. The number of aromatic nitrogens is 4. The first kappa shape index (κ1) is 15.9. The third-order valence-electron chi connectivity index (χ3n) is 4.14. The van der Waals surface area contributed by atoms with Gasteiger partial charge in [0.2, 0.25) is 5.89 Å². The van der Waals surface area contributed by atoms with E-state index in [9.17, 15) is 4.79 Å². The van der Waals surface area contributed by atoms with Crippen LogP contribution in [0.3, 0.4) is 0 Å². The van der Waals surface area contributed by atoms with Gasteiger partial charge >= 0.3 is 0 Å². The van der Waals surface area contributed by atoms with Gasteiger partial charge in [0.15, 0.2) is 5.82 Å². The lowest BCUT2D eigenvalue weighted by Crippen LogP contribution is -2.47. The molecule has 1 atom stereocenters. The summed E-state index contributed by atoms with van der Waals surface area (Å²) in [4.78, 5) is 20.3. The molecule has 0 radical (unpaired) electrons. The molecule has 124 valence electrons. The van der Waals surface area contributed by atoms with Crippen LogP contribution in [0.4, 0.5) is 5.69 Å². The standard InChI is InChI=1S/C14H19ClN6O2/c1-3-11-17-14(23-19-11)9(2)20-4-6-21(7-5-20)10-8-16-18-13(22)12(10)15/h8-9H,3-7H2,1-2H3,(H,18,22). The number of anilines is 1. The van der Waals surface area contributed by atoms with E-state index in [-0.39, 0.29) is 16.6 Å². The van der Waals surface area contributed by atoms with Gasteiger partial charge in [-0.15, -0.1) is 0 Å². The molecule has 1 fully saturated rings. The molecule has 0 saturated carbocycles. The largest absolute Gasteiger partial charge is 0.366 e. The molecule has 1 aliphatic heterocycles. The fraction of sp³-hybridized carbons (Fsp3) is 0.571. The first-order valence-corrected chi connectivity index (χ1v) is 8.02. The number of hydrogen-bond donors (Lipinski definition) is 1. The molecule has 2 aromatic heterocycles. The van der Waals surface area contributed by atoms with Crippen molar-refractivity contribution in [3.63, 3.8) is 0 Å². The van der Waals surface area contributed by atoms with Gasteiger partial charge in [-0.3, -0.25) is 9.69 Å². The molecule has 23 heavy (non-hydrogen) atoms. The second-order valence-corrected chi connectivity index (χ2v) is 5.88. The summed E-state index contributed by atoms with van der Waals surface area (Å²) in [5.41, 5.74) is 0.312. The smallest absolute Gasteiger partial charge is 0.285 e. The topological polar surface area (TPSA) is 91.2 Å². The molecule has 3 heterocycles. The van der Waals surface area contributed by atoms with Gasteiger partial charge in [-0.2, -0.15) is 10.1 Å². The molecule has 1 unspecified atom stereocenters. The SMILES string of the molecule is CCc1noc(C(C)N2CCN(c3cn[nH]c(=O)c3Cl)CC2)n1. The molecule has 3 rings (SSSR count). The summed E-state index contributed by atoms with van der Waals surface area (Å²) in [5.74, 6) is 1.37.